The van der Waals surface area contributed by atoms with Crippen LogP contribution in [0.1, 0.15) is 44.5 Å². The van der Waals surface area contributed by atoms with E-state index in [2.05, 4.69) is 243 Å². The summed E-state index contributed by atoms with van der Waals surface area (Å²) < 4.78 is 0. The highest BCUT2D eigenvalue weighted by atomic mass is 14.6. The number of anilines is 2. The molecule has 0 bridgehead atoms. The predicted molar refractivity (Wildman–Crippen MR) is 278 cm³/mol. The smallest absolute Gasteiger partial charge is 0.0487 e. The van der Waals surface area contributed by atoms with E-state index in [1.165, 1.54) is 0 Å². The lowest BCUT2D eigenvalue weighted by Gasteiger charge is -2.25. The van der Waals surface area contributed by atoms with Crippen LogP contribution in [0.2, 0.25) is 0 Å². The maximum atomic E-state index is 7.62. The monoisotopic (exact) mass is 820 g/mol. The van der Waals surface area contributed by atoms with Crippen molar-refractivity contribution in [2.75, 3.05) is 11.5 Å². The number of benzene rings is 9. The van der Waals surface area contributed by atoms with Gasteiger partial charge in [-0.3, -0.25) is 0 Å². The Kier molecular flexibility index (Phi) is 12.5. The number of rotatable bonds is 12. The number of nitrogens with two attached hydrogens (primary N) is 2. The fraction of sp³-hybridized carbons (Fsp3) is 0. The van der Waals surface area contributed by atoms with Gasteiger partial charge in [-0.1, -0.05) is 267 Å². The van der Waals surface area contributed by atoms with Crippen molar-refractivity contribution in [2.24, 2.45) is 0 Å². The zero-order valence-electron chi connectivity index (χ0n) is 35.6. The molecule has 2 nitrogen and oxygen atoms in total. The lowest BCUT2D eigenvalue weighted by molar-refractivity contribution is 1.52. The Hall–Kier alpha value is -8.46. The first-order chi connectivity index (χ1) is 31.6. The van der Waals surface area contributed by atoms with Crippen molar-refractivity contribution >= 4 is 60.0 Å². The third-order valence-corrected chi connectivity index (χ3v) is 11.4. The van der Waals surface area contributed by atoms with Gasteiger partial charge in [0, 0.05) is 33.6 Å². The first kappa shape index (κ1) is 40.9. The summed E-state index contributed by atoms with van der Waals surface area (Å²) in [5, 5.41) is 0. The van der Waals surface area contributed by atoms with Crippen LogP contribution < -0.4 is 11.5 Å². The van der Waals surface area contributed by atoms with Crippen LogP contribution in [-0.4, -0.2) is 0 Å². The largest absolute Gasteiger partial charge is 0.398 e. The van der Waals surface area contributed by atoms with Gasteiger partial charge < -0.3 is 11.5 Å². The molecule has 0 atom stereocenters. The van der Waals surface area contributed by atoms with E-state index in [0.29, 0.717) is 11.4 Å². The molecule has 9 aromatic rings. The normalized spacial score (nSPS) is 11.6. The molecule has 0 radical (unpaired) electrons. The van der Waals surface area contributed by atoms with Crippen molar-refractivity contribution in [3.8, 4) is 44.5 Å². The summed E-state index contributed by atoms with van der Waals surface area (Å²) in [6.45, 7) is 0. The van der Waals surface area contributed by atoms with Gasteiger partial charge >= 0.3 is 0 Å². The highest BCUT2D eigenvalue weighted by molar-refractivity contribution is 6.12. The summed E-state index contributed by atoms with van der Waals surface area (Å²) in [7, 11) is 0. The van der Waals surface area contributed by atoms with E-state index in [9.17, 15) is 0 Å². The minimum absolute atomic E-state index is 0.667. The van der Waals surface area contributed by atoms with Gasteiger partial charge in [-0.25, -0.2) is 0 Å². The highest BCUT2D eigenvalue weighted by Gasteiger charge is 2.25. The Morgan fingerprint density at radius 2 is 0.344 bits per heavy atom. The highest BCUT2D eigenvalue weighted by Crippen LogP contribution is 2.52. The van der Waals surface area contributed by atoms with Gasteiger partial charge in [0.1, 0.15) is 0 Å². The first-order valence-corrected chi connectivity index (χ1v) is 21.6. The second-order valence-corrected chi connectivity index (χ2v) is 15.8. The maximum absolute atomic E-state index is 7.62. The van der Waals surface area contributed by atoms with Crippen LogP contribution >= 0.6 is 0 Å². The van der Waals surface area contributed by atoms with E-state index < -0.39 is 0 Å². The van der Waals surface area contributed by atoms with Crippen LogP contribution in [0.4, 0.5) is 11.4 Å². The van der Waals surface area contributed by atoms with Gasteiger partial charge in [0.15, 0.2) is 0 Å². The molecule has 0 aliphatic carbocycles. The average Bonchev–Trinajstić information content (AvgIpc) is 3.36. The van der Waals surface area contributed by atoms with Crippen LogP contribution in [-0.2, 0) is 0 Å². The molecule has 0 fully saturated rings. The average molecular weight is 821 g/mol. The van der Waals surface area contributed by atoms with Gasteiger partial charge in [-0.2, -0.15) is 0 Å². The van der Waals surface area contributed by atoms with Crippen molar-refractivity contribution in [3.63, 3.8) is 0 Å². The number of hydrogen-bond donors (Lipinski definition) is 2. The van der Waals surface area contributed by atoms with Gasteiger partial charge in [-0.05, 0) is 66.8 Å². The maximum Gasteiger partial charge on any atom is 0.0487 e. The molecular weight excluding hydrogens is 773 g/mol. The second kappa shape index (κ2) is 19.5. The molecule has 9 rings (SSSR count). The standard InChI is InChI=1S/C62H48N2/c63-61-57(53-37-29-49(30-38-53)25-21-45-13-5-1-6-14-45)58(54-39-31-50(32-40-54)26-22-46-15-7-2-8-16-46)62(64)60(56-43-35-52(36-44-56)28-24-48-19-11-4-12-20-48)59(61)55-41-33-51(34-42-55)27-23-47-17-9-3-10-18-47/h1-44H,63-64H2. The summed E-state index contributed by atoms with van der Waals surface area (Å²) >= 11 is 0. The van der Waals surface area contributed by atoms with Crippen molar-refractivity contribution in [3.05, 3.63) is 263 Å². The van der Waals surface area contributed by atoms with Crippen LogP contribution in [0.25, 0.3) is 93.1 Å². The second-order valence-electron chi connectivity index (χ2n) is 15.8. The van der Waals surface area contributed by atoms with E-state index in [1.807, 2.05) is 24.3 Å². The van der Waals surface area contributed by atoms with E-state index >= 15 is 0 Å². The molecule has 0 aromatic heterocycles. The van der Waals surface area contributed by atoms with E-state index in [4.69, 9.17) is 11.5 Å². The molecule has 306 valence electrons. The Balaban J connectivity index is 1.19. The third kappa shape index (κ3) is 9.68. The summed E-state index contributed by atoms with van der Waals surface area (Å²) in [6.07, 6.45) is 17.1. The number of hydrogen-bond acceptors (Lipinski definition) is 2. The predicted octanol–water partition coefficient (Wildman–Crippen LogP) is 16.2. The molecule has 0 aliphatic heterocycles. The molecule has 9 aromatic carbocycles. The minimum atomic E-state index is 0.667. The molecule has 2 heteroatoms. The zero-order chi connectivity index (χ0) is 43.5. The summed E-state index contributed by atoms with van der Waals surface area (Å²) in [6, 6.07) is 75.8. The zero-order valence-corrected chi connectivity index (χ0v) is 35.6. The molecular formula is C62H48N2. The van der Waals surface area contributed by atoms with Gasteiger partial charge in [0.05, 0.1) is 0 Å². The molecule has 4 N–H and O–H groups in total. The van der Waals surface area contributed by atoms with Gasteiger partial charge in [0.2, 0.25) is 0 Å². The van der Waals surface area contributed by atoms with E-state index in [1.54, 1.807) is 0 Å². The molecule has 0 unspecified atom stereocenters. The van der Waals surface area contributed by atoms with Gasteiger partial charge in [-0.15, -0.1) is 0 Å². The molecule has 0 saturated carbocycles. The minimum Gasteiger partial charge on any atom is -0.398 e. The summed E-state index contributed by atoms with van der Waals surface area (Å²) in [5.74, 6) is 0. The lowest BCUT2D eigenvalue weighted by atomic mass is 9.81. The Morgan fingerprint density at radius 3 is 0.516 bits per heavy atom. The van der Waals surface area contributed by atoms with Crippen molar-refractivity contribution in [1.82, 2.24) is 0 Å². The Morgan fingerprint density at radius 1 is 0.188 bits per heavy atom. The quantitative estimate of drug-likeness (QED) is 0.0953. The molecule has 0 aliphatic rings. The topological polar surface area (TPSA) is 52.0 Å². The van der Waals surface area contributed by atoms with E-state index in [0.717, 1.165) is 89.0 Å². The van der Waals surface area contributed by atoms with Crippen LogP contribution in [0.5, 0.6) is 0 Å². The van der Waals surface area contributed by atoms with Gasteiger partial charge in [0.25, 0.3) is 0 Å². The Labute approximate surface area is 377 Å². The summed E-state index contributed by atoms with van der Waals surface area (Å²) in [4.78, 5) is 0. The summed E-state index contributed by atoms with van der Waals surface area (Å²) in [5.41, 5.74) is 33.1. The van der Waals surface area contributed by atoms with E-state index in [-0.39, 0.29) is 0 Å². The Bertz CT molecular complexity index is 2650. The van der Waals surface area contributed by atoms with Crippen LogP contribution in [0.15, 0.2) is 218 Å². The molecule has 64 heavy (non-hydrogen) atoms. The SMILES string of the molecule is Nc1c(-c2ccc(C=Cc3ccccc3)cc2)c(-c2ccc(C=Cc3ccccc3)cc2)c(N)c(-c2ccc(C=Cc3ccccc3)cc2)c1-c1ccc(C=Cc2ccccc2)cc1. The molecule has 0 spiro atoms. The van der Waals surface area contributed by atoms with Crippen molar-refractivity contribution < 1.29 is 0 Å². The van der Waals surface area contributed by atoms with Crippen LogP contribution in [0, 0.1) is 0 Å². The fourth-order valence-corrected chi connectivity index (χ4v) is 8.06. The molecule has 0 amide bonds. The molecule has 0 saturated heterocycles. The van der Waals surface area contributed by atoms with Crippen molar-refractivity contribution in [2.45, 2.75) is 0 Å². The molecule has 0 heterocycles. The van der Waals surface area contributed by atoms with Crippen LogP contribution in [0.3, 0.4) is 0 Å². The lowest BCUT2D eigenvalue weighted by Crippen LogP contribution is -2.05. The number of nitrogen functional groups attached to an aromatic ring is 2. The fourth-order valence-electron chi connectivity index (χ4n) is 8.06. The van der Waals surface area contributed by atoms with Crippen molar-refractivity contribution in [1.29, 1.82) is 0 Å². The third-order valence-electron chi connectivity index (χ3n) is 11.4. The first-order valence-electron chi connectivity index (χ1n) is 21.6.